The SMILES string of the molecule is COC(=O)c1ccc(Cc2nnc(-c3ccc(F)cc3F)o2)cc1.O=C(CO)c1ccc(Cc2nnc(-c3ccc(F)cc3F)o2)cc1. The summed E-state index contributed by atoms with van der Waals surface area (Å²) in [5.74, 6) is -3.22. The van der Waals surface area contributed by atoms with Crippen molar-refractivity contribution in [1.29, 1.82) is 0 Å². The lowest BCUT2D eigenvalue weighted by Gasteiger charge is -2.01. The van der Waals surface area contributed by atoms with Crippen LogP contribution in [-0.2, 0) is 17.6 Å². The summed E-state index contributed by atoms with van der Waals surface area (Å²) in [5, 5.41) is 24.0. The van der Waals surface area contributed by atoms with Crippen LogP contribution in [0.2, 0.25) is 0 Å². The molecule has 6 rings (SSSR count). The number of ketones is 1. The number of esters is 1. The van der Waals surface area contributed by atoms with Crippen molar-refractivity contribution in [1.82, 2.24) is 20.4 Å². The molecule has 2 aromatic heterocycles. The van der Waals surface area contributed by atoms with Crippen molar-refractivity contribution in [2.45, 2.75) is 12.8 Å². The minimum absolute atomic E-state index is 0.0197. The predicted octanol–water partition coefficient (Wildman–Crippen LogP) is 6.17. The number of rotatable bonds is 9. The minimum atomic E-state index is -0.780. The van der Waals surface area contributed by atoms with Gasteiger partial charge in [0.25, 0.3) is 11.8 Å². The molecule has 0 aliphatic heterocycles. The van der Waals surface area contributed by atoms with Crippen LogP contribution in [-0.4, -0.2) is 51.0 Å². The summed E-state index contributed by atoms with van der Waals surface area (Å²) < 4.78 is 68.7. The maximum Gasteiger partial charge on any atom is 0.337 e. The Morgan fingerprint density at radius 2 is 1.08 bits per heavy atom. The molecule has 2 heterocycles. The zero-order chi connectivity index (χ0) is 34.2. The van der Waals surface area contributed by atoms with E-state index in [1.165, 1.54) is 19.2 Å². The molecule has 48 heavy (non-hydrogen) atoms. The maximum absolute atomic E-state index is 13.7. The molecule has 0 spiro atoms. The molecule has 0 bridgehead atoms. The number of hydrogen-bond donors (Lipinski definition) is 1. The number of hydrogen-bond acceptors (Lipinski definition) is 10. The average Bonchev–Trinajstić information content (AvgIpc) is 3.75. The first kappa shape index (κ1) is 33.3. The molecule has 1 N–H and O–H groups in total. The Hall–Kier alpha value is -6.02. The fourth-order valence-corrected chi connectivity index (χ4v) is 4.32. The maximum atomic E-state index is 13.7. The third-order valence-corrected chi connectivity index (χ3v) is 6.76. The summed E-state index contributed by atoms with van der Waals surface area (Å²) in [6, 6.07) is 19.5. The van der Waals surface area contributed by atoms with E-state index in [1.807, 2.05) is 0 Å². The van der Waals surface area contributed by atoms with Gasteiger partial charge in [0.05, 0.1) is 36.6 Å². The van der Waals surface area contributed by atoms with E-state index in [0.29, 0.717) is 24.0 Å². The lowest BCUT2D eigenvalue weighted by atomic mass is 10.1. The van der Waals surface area contributed by atoms with Crippen LogP contribution in [0.3, 0.4) is 0 Å². The molecule has 0 radical (unpaired) electrons. The standard InChI is InChI=1S/2C17H12F2N2O3/c1-23-17(22)11-4-2-10(3-5-11)8-15-20-21-16(24-15)13-7-6-12(18)9-14(13)19;18-12-5-6-13(14(19)8-12)17-21-20-16(24-17)7-10-1-3-11(4-2-10)15(23)9-22/h2-7,9H,8H2,1H3;1-6,8,22H,7,9H2. The van der Waals surface area contributed by atoms with E-state index in [9.17, 15) is 27.2 Å². The molecule has 10 nitrogen and oxygen atoms in total. The lowest BCUT2D eigenvalue weighted by molar-refractivity contribution is 0.0600. The molecule has 6 aromatic rings. The molecule has 4 aromatic carbocycles. The molecule has 0 amide bonds. The number of carbonyl (C=O) groups excluding carboxylic acids is 2. The van der Waals surface area contributed by atoms with Gasteiger partial charge in [0.2, 0.25) is 11.8 Å². The Labute approximate surface area is 269 Å². The van der Waals surface area contributed by atoms with Crippen LogP contribution in [0.1, 0.15) is 43.6 Å². The van der Waals surface area contributed by atoms with E-state index >= 15 is 0 Å². The molecule has 14 heteroatoms. The Bertz CT molecular complexity index is 1900. The van der Waals surface area contributed by atoms with Crippen molar-refractivity contribution in [2.24, 2.45) is 0 Å². The number of aliphatic hydroxyl groups is 1. The first-order chi connectivity index (χ1) is 23.1. The van der Waals surface area contributed by atoms with Gasteiger partial charge in [0.1, 0.15) is 29.9 Å². The number of nitrogens with zero attached hydrogens (tertiary/aromatic N) is 4. The van der Waals surface area contributed by atoms with Crippen molar-refractivity contribution in [3.8, 4) is 22.9 Å². The van der Waals surface area contributed by atoms with E-state index in [1.54, 1.807) is 48.5 Å². The van der Waals surface area contributed by atoms with E-state index < -0.39 is 35.8 Å². The van der Waals surface area contributed by atoms with Crippen molar-refractivity contribution < 1.29 is 45.8 Å². The first-order valence-electron chi connectivity index (χ1n) is 14.1. The van der Waals surface area contributed by atoms with Gasteiger partial charge in [-0.3, -0.25) is 4.79 Å². The molecule has 0 aliphatic rings. The molecule has 0 saturated heterocycles. The minimum Gasteiger partial charge on any atom is -0.465 e. The normalized spacial score (nSPS) is 10.7. The number of carbonyl (C=O) groups is 2. The molecule has 0 atom stereocenters. The van der Waals surface area contributed by atoms with Gasteiger partial charge >= 0.3 is 5.97 Å². The summed E-state index contributed by atoms with van der Waals surface area (Å²) >= 11 is 0. The predicted molar refractivity (Wildman–Crippen MR) is 161 cm³/mol. The molecule has 0 saturated carbocycles. The van der Waals surface area contributed by atoms with Crippen molar-refractivity contribution >= 4 is 11.8 Å². The molecular formula is C34H24F4N4O6. The summed E-state index contributed by atoms with van der Waals surface area (Å²) in [4.78, 5) is 22.7. The Kier molecular flexibility index (Phi) is 10.5. The largest absolute Gasteiger partial charge is 0.465 e. The highest BCUT2D eigenvalue weighted by Crippen LogP contribution is 2.24. The number of Topliss-reactive ketones (excluding diaryl/α,β-unsaturated/α-hetero) is 1. The molecule has 0 aliphatic carbocycles. The Balaban J connectivity index is 0.000000188. The van der Waals surface area contributed by atoms with Gasteiger partial charge in [-0.15, -0.1) is 20.4 Å². The molecule has 0 unspecified atom stereocenters. The van der Waals surface area contributed by atoms with Crippen LogP contribution >= 0.6 is 0 Å². The second kappa shape index (κ2) is 15.0. The zero-order valence-corrected chi connectivity index (χ0v) is 25.0. The average molecular weight is 661 g/mol. The van der Waals surface area contributed by atoms with E-state index in [2.05, 4.69) is 25.1 Å². The van der Waals surface area contributed by atoms with Crippen molar-refractivity contribution in [3.05, 3.63) is 142 Å². The van der Waals surface area contributed by atoms with Crippen LogP contribution in [0.15, 0.2) is 93.8 Å². The van der Waals surface area contributed by atoms with Gasteiger partial charge in [-0.2, -0.15) is 0 Å². The second-order valence-electron chi connectivity index (χ2n) is 10.1. The number of ether oxygens (including phenoxy) is 1. The summed E-state index contributed by atoms with van der Waals surface area (Å²) in [5.41, 5.74) is 2.54. The lowest BCUT2D eigenvalue weighted by Crippen LogP contribution is -2.04. The van der Waals surface area contributed by atoms with Crippen LogP contribution in [0.4, 0.5) is 17.6 Å². The number of halogens is 4. The van der Waals surface area contributed by atoms with Crippen molar-refractivity contribution in [2.75, 3.05) is 13.7 Å². The molecule has 0 fully saturated rings. The number of aromatic nitrogens is 4. The summed E-state index contributed by atoms with van der Waals surface area (Å²) in [7, 11) is 1.31. The summed E-state index contributed by atoms with van der Waals surface area (Å²) in [6.45, 7) is -0.546. The van der Waals surface area contributed by atoms with Gasteiger partial charge in [-0.05, 0) is 47.5 Å². The first-order valence-corrected chi connectivity index (χ1v) is 14.1. The smallest absolute Gasteiger partial charge is 0.337 e. The number of benzene rings is 4. The van der Waals surface area contributed by atoms with Crippen molar-refractivity contribution in [3.63, 3.8) is 0 Å². The topological polar surface area (TPSA) is 141 Å². The van der Waals surface area contributed by atoms with E-state index in [-0.39, 0.29) is 40.5 Å². The van der Waals surface area contributed by atoms with Gasteiger partial charge in [-0.1, -0.05) is 36.4 Å². The third-order valence-electron chi connectivity index (χ3n) is 6.76. The fourth-order valence-electron chi connectivity index (χ4n) is 4.32. The van der Waals surface area contributed by atoms with Gasteiger partial charge in [0, 0.05) is 17.7 Å². The fraction of sp³-hybridized carbons (Fsp3) is 0.118. The Morgan fingerprint density at radius 3 is 1.48 bits per heavy atom. The van der Waals surface area contributed by atoms with E-state index in [0.717, 1.165) is 35.4 Å². The number of aliphatic hydroxyl groups excluding tert-OH is 1. The Morgan fingerprint density at radius 1 is 0.646 bits per heavy atom. The monoisotopic (exact) mass is 660 g/mol. The zero-order valence-electron chi connectivity index (χ0n) is 25.0. The molecular weight excluding hydrogens is 636 g/mol. The summed E-state index contributed by atoms with van der Waals surface area (Å²) in [6.07, 6.45) is 0.612. The molecule has 244 valence electrons. The number of methoxy groups -OCH3 is 1. The van der Waals surface area contributed by atoms with Crippen LogP contribution in [0.25, 0.3) is 22.9 Å². The van der Waals surface area contributed by atoms with Gasteiger partial charge < -0.3 is 18.7 Å². The third kappa shape index (κ3) is 8.22. The van der Waals surface area contributed by atoms with Crippen LogP contribution in [0, 0.1) is 23.3 Å². The highest BCUT2D eigenvalue weighted by atomic mass is 19.1. The quantitative estimate of drug-likeness (QED) is 0.109. The second-order valence-corrected chi connectivity index (χ2v) is 10.1. The highest BCUT2D eigenvalue weighted by Gasteiger charge is 2.16. The van der Waals surface area contributed by atoms with Crippen LogP contribution in [0.5, 0.6) is 0 Å². The van der Waals surface area contributed by atoms with Gasteiger partial charge in [0.15, 0.2) is 5.78 Å². The van der Waals surface area contributed by atoms with Crippen LogP contribution < -0.4 is 0 Å². The van der Waals surface area contributed by atoms with Gasteiger partial charge in [-0.25, -0.2) is 22.4 Å². The van der Waals surface area contributed by atoms with E-state index in [4.69, 9.17) is 13.9 Å². The highest BCUT2D eigenvalue weighted by molar-refractivity contribution is 5.96.